The zero-order valence-electron chi connectivity index (χ0n) is 20.1. The molecule has 6 rings (SSSR count). The normalized spacial score (nSPS) is 24.5. The van der Waals surface area contributed by atoms with Gasteiger partial charge in [0.25, 0.3) is 0 Å². The minimum absolute atomic E-state index is 0. The molecule has 2 aromatic heterocycles. The number of nitrogens with zero attached hydrogens (tertiary/aromatic N) is 2. The van der Waals surface area contributed by atoms with Gasteiger partial charge in [0.2, 0.25) is 0 Å². The number of fused-ring (bicyclic) bond motifs is 2. The van der Waals surface area contributed by atoms with Crippen LogP contribution in [-0.2, 0) is 5.41 Å². The van der Waals surface area contributed by atoms with Crippen molar-refractivity contribution in [2.75, 3.05) is 0 Å². The maximum atomic E-state index is 13.2. The molecule has 0 saturated heterocycles. The third-order valence-corrected chi connectivity index (χ3v) is 8.47. The van der Waals surface area contributed by atoms with Crippen LogP contribution in [0.15, 0.2) is 54.9 Å². The summed E-state index contributed by atoms with van der Waals surface area (Å²) in [7, 11) is 0. The lowest BCUT2D eigenvalue weighted by Gasteiger charge is -2.14. The van der Waals surface area contributed by atoms with Gasteiger partial charge in [-0.2, -0.15) is 0 Å². The van der Waals surface area contributed by atoms with Gasteiger partial charge in [-0.3, -0.25) is 14.8 Å². The molecular weight excluding hydrogens is 418 g/mol. The van der Waals surface area contributed by atoms with Crippen LogP contribution in [-0.4, -0.2) is 21.8 Å². The number of carbonyl (C=O) groups excluding carboxylic acids is 1. The van der Waals surface area contributed by atoms with Crippen molar-refractivity contribution in [3.8, 4) is 11.3 Å². The molecule has 2 unspecified atom stereocenters. The molecule has 176 valence electrons. The van der Waals surface area contributed by atoms with E-state index in [4.69, 9.17) is 10.7 Å². The highest BCUT2D eigenvalue weighted by molar-refractivity contribution is 5.98. The predicted molar refractivity (Wildman–Crippen MR) is 137 cm³/mol. The first-order chi connectivity index (χ1) is 16.4. The van der Waals surface area contributed by atoms with E-state index in [0.717, 1.165) is 48.2 Å². The minimum Gasteiger partial charge on any atom is -0.328 e. The number of aromatic nitrogens is 2. The molecule has 3 aromatic rings. The first-order valence-electron chi connectivity index (χ1n) is 12.8. The summed E-state index contributed by atoms with van der Waals surface area (Å²) in [5.74, 6) is 1.07. The molecular formula is C30H35N3O. The molecule has 2 saturated carbocycles. The van der Waals surface area contributed by atoms with Gasteiger partial charge in [0.1, 0.15) is 0 Å². The average molecular weight is 454 g/mol. The van der Waals surface area contributed by atoms with Crippen molar-refractivity contribution >= 4 is 5.78 Å². The first kappa shape index (κ1) is 21.7. The zero-order valence-corrected chi connectivity index (χ0v) is 20.1. The number of Topliss-reactive ketones (excluding diaryl/α,β-unsaturated/α-hetero) is 1. The first-order valence-corrected chi connectivity index (χ1v) is 12.8. The SMILES string of the molecule is CC(C)c1ccnc(-c2ccc(C3CC4(CC4)c4ccc(C(=O)C5CC[C@@H](N)C5)cc43)nc2)c1.[HH]. The van der Waals surface area contributed by atoms with E-state index < -0.39 is 0 Å². The van der Waals surface area contributed by atoms with Crippen LogP contribution in [0.3, 0.4) is 0 Å². The molecule has 0 aliphatic heterocycles. The van der Waals surface area contributed by atoms with Crippen LogP contribution in [0.2, 0.25) is 0 Å². The Hall–Kier alpha value is -2.85. The van der Waals surface area contributed by atoms with E-state index in [2.05, 4.69) is 61.3 Å². The van der Waals surface area contributed by atoms with Gasteiger partial charge in [0, 0.05) is 48.5 Å². The smallest absolute Gasteiger partial charge is 0.166 e. The summed E-state index contributed by atoms with van der Waals surface area (Å²) in [4.78, 5) is 22.7. The lowest BCUT2D eigenvalue weighted by atomic mass is 9.90. The lowest BCUT2D eigenvalue weighted by molar-refractivity contribution is 0.0921. The largest absolute Gasteiger partial charge is 0.328 e. The van der Waals surface area contributed by atoms with Crippen molar-refractivity contribution in [3.63, 3.8) is 0 Å². The van der Waals surface area contributed by atoms with Crippen molar-refractivity contribution in [2.24, 2.45) is 11.7 Å². The summed E-state index contributed by atoms with van der Waals surface area (Å²) in [6.07, 6.45) is 10.1. The molecule has 3 atom stereocenters. The van der Waals surface area contributed by atoms with Crippen molar-refractivity contribution in [2.45, 2.75) is 75.7 Å². The van der Waals surface area contributed by atoms with Crippen molar-refractivity contribution in [1.82, 2.24) is 9.97 Å². The summed E-state index contributed by atoms with van der Waals surface area (Å²) in [5.41, 5.74) is 14.4. The zero-order chi connectivity index (χ0) is 23.4. The standard InChI is InChI=1S/C30H33N3O.H2/c1-18(2)19-9-12-32-28(15-19)22-5-8-27(33-17-22)25-16-30(10-11-30)26-7-4-21(14-24(25)26)29(34)20-3-6-23(31)13-20;/h4-5,7-9,12,14-15,17-18,20,23,25H,3,6,10-11,13,16,31H2,1-2H3;1H/t20?,23-,25?;/m1./s1. The second-order valence-corrected chi connectivity index (χ2v) is 11.1. The average Bonchev–Trinajstić information content (AvgIpc) is 3.40. The Morgan fingerprint density at radius 1 is 1.09 bits per heavy atom. The highest BCUT2D eigenvalue weighted by atomic mass is 16.1. The van der Waals surface area contributed by atoms with Crippen LogP contribution in [0.1, 0.15) is 98.4 Å². The molecule has 4 heteroatoms. The van der Waals surface area contributed by atoms with E-state index in [0.29, 0.717) is 11.3 Å². The third-order valence-electron chi connectivity index (χ3n) is 8.47. The molecule has 4 nitrogen and oxygen atoms in total. The van der Waals surface area contributed by atoms with Gasteiger partial charge in [-0.1, -0.05) is 26.0 Å². The third kappa shape index (κ3) is 3.69. The van der Waals surface area contributed by atoms with Gasteiger partial charge in [-0.15, -0.1) is 0 Å². The lowest BCUT2D eigenvalue weighted by Crippen LogP contribution is -2.18. The Kier molecular flexibility index (Phi) is 5.18. The quantitative estimate of drug-likeness (QED) is 0.455. The minimum atomic E-state index is 0. The van der Waals surface area contributed by atoms with Crippen LogP contribution in [0, 0.1) is 5.92 Å². The van der Waals surface area contributed by atoms with Crippen LogP contribution < -0.4 is 5.73 Å². The molecule has 34 heavy (non-hydrogen) atoms. The van der Waals surface area contributed by atoms with Gasteiger partial charge >= 0.3 is 0 Å². The number of nitrogens with two attached hydrogens (primary N) is 1. The molecule has 2 fully saturated rings. The highest BCUT2D eigenvalue weighted by Gasteiger charge is 2.52. The van der Waals surface area contributed by atoms with Gasteiger partial charge in [0.05, 0.1) is 5.69 Å². The van der Waals surface area contributed by atoms with Gasteiger partial charge < -0.3 is 5.73 Å². The topological polar surface area (TPSA) is 68.9 Å². The fraction of sp³-hybridized carbons (Fsp3) is 0.433. The summed E-state index contributed by atoms with van der Waals surface area (Å²) in [5, 5.41) is 0. The Morgan fingerprint density at radius 3 is 2.62 bits per heavy atom. The Balaban J connectivity index is 0.00000253. The van der Waals surface area contributed by atoms with Crippen molar-refractivity contribution < 1.29 is 6.22 Å². The Labute approximate surface area is 203 Å². The molecule has 2 heterocycles. The maximum Gasteiger partial charge on any atom is 0.166 e. The molecule has 0 bridgehead atoms. The van der Waals surface area contributed by atoms with Gasteiger partial charge in [-0.05, 0) is 96.9 Å². The van der Waals surface area contributed by atoms with Crippen LogP contribution in [0.5, 0.6) is 0 Å². The van der Waals surface area contributed by atoms with Gasteiger partial charge in [-0.25, -0.2) is 0 Å². The molecule has 3 aliphatic carbocycles. The van der Waals surface area contributed by atoms with E-state index in [-0.39, 0.29) is 25.1 Å². The highest BCUT2D eigenvalue weighted by Crippen LogP contribution is 2.62. The van der Waals surface area contributed by atoms with Crippen LogP contribution >= 0.6 is 0 Å². The number of hydrogen-bond acceptors (Lipinski definition) is 4. The molecule has 3 aliphatic rings. The molecule has 1 spiro atoms. The van der Waals surface area contributed by atoms with E-state index in [9.17, 15) is 4.79 Å². The molecule has 0 radical (unpaired) electrons. The van der Waals surface area contributed by atoms with Crippen molar-refractivity contribution in [3.05, 3.63) is 82.8 Å². The number of rotatable bonds is 5. The maximum absolute atomic E-state index is 13.2. The summed E-state index contributed by atoms with van der Waals surface area (Å²) < 4.78 is 0. The number of carbonyl (C=O) groups is 1. The molecule has 1 aromatic carbocycles. The van der Waals surface area contributed by atoms with E-state index in [1.54, 1.807) is 0 Å². The second-order valence-electron chi connectivity index (χ2n) is 11.1. The van der Waals surface area contributed by atoms with Crippen LogP contribution in [0.4, 0.5) is 0 Å². The Bertz CT molecular complexity index is 1250. The second kappa shape index (κ2) is 8.13. The Morgan fingerprint density at radius 2 is 1.94 bits per heavy atom. The summed E-state index contributed by atoms with van der Waals surface area (Å²) >= 11 is 0. The predicted octanol–water partition coefficient (Wildman–Crippen LogP) is 6.39. The van der Waals surface area contributed by atoms with Crippen molar-refractivity contribution in [1.29, 1.82) is 0 Å². The molecule has 2 N–H and O–H groups in total. The number of pyridine rings is 2. The van der Waals surface area contributed by atoms with Gasteiger partial charge in [0.15, 0.2) is 5.78 Å². The number of benzene rings is 1. The van der Waals surface area contributed by atoms with E-state index in [1.165, 1.54) is 29.5 Å². The fourth-order valence-corrected chi connectivity index (χ4v) is 6.20. The van der Waals surface area contributed by atoms with E-state index in [1.807, 2.05) is 12.4 Å². The summed E-state index contributed by atoms with van der Waals surface area (Å²) in [6.45, 7) is 4.40. The van der Waals surface area contributed by atoms with E-state index >= 15 is 0 Å². The number of ketones is 1. The fourth-order valence-electron chi connectivity index (χ4n) is 6.20. The number of hydrogen-bond donors (Lipinski definition) is 1. The summed E-state index contributed by atoms with van der Waals surface area (Å²) in [6, 6.07) is 15.2. The monoisotopic (exact) mass is 453 g/mol. The molecule has 0 amide bonds. The van der Waals surface area contributed by atoms with Crippen LogP contribution in [0.25, 0.3) is 11.3 Å².